The summed E-state index contributed by atoms with van der Waals surface area (Å²) in [5.41, 5.74) is 1.67. The number of hydrogen-bond acceptors (Lipinski definition) is 6. The average Bonchev–Trinajstić information content (AvgIpc) is 3.29. The van der Waals surface area contributed by atoms with Crippen molar-refractivity contribution in [2.24, 2.45) is 0 Å². The number of β-amino-alcohol motifs (C(OH)–C–C–N with tert-alkyl or cyclic N) is 1. The van der Waals surface area contributed by atoms with Gasteiger partial charge in [-0.05, 0) is 19.9 Å². The number of aliphatic hydroxyl groups is 1. The molecule has 0 saturated carbocycles. The minimum atomic E-state index is -1.08. The van der Waals surface area contributed by atoms with Crippen LogP contribution in [0.25, 0.3) is 10.9 Å². The molecule has 7 nitrogen and oxygen atoms in total. The lowest BCUT2D eigenvalue weighted by atomic mass is 10.00. The van der Waals surface area contributed by atoms with Crippen LogP contribution < -0.4 is 4.90 Å². The van der Waals surface area contributed by atoms with Gasteiger partial charge < -0.3 is 10.0 Å². The summed E-state index contributed by atoms with van der Waals surface area (Å²) >= 11 is 0. The molecule has 26 heavy (non-hydrogen) atoms. The fourth-order valence-electron chi connectivity index (χ4n) is 3.49. The molecule has 1 N–H and O–H groups in total. The van der Waals surface area contributed by atoms with E-state index in [0.717, 1.165) is 16.6 Å². The first-order valence-electron chi connectivity index (χ1n) is 8.69. The predicted molar refractivity (Wildman–Crippen MR) is 97.6 cm³/mol. The zero-order valence-corrected chi connectivity index (χ0v) is 14.8. The standard InChI is InChI=1S/C19H20N6O/c1-13(2)25-11-17(22-23-25)19(26)7-8-24(12-19)18-14(9-20)10-21-16-6-4-3-5-15(16)18/h3-6,10-11,13,26H,7-8,12H2,1-2H3/t19-/m1/s1. The first kappa shape index (κ1) is 16.5. The Labute approximate surface area is 151 Å². The molecule has 2 aromatic heterocycles. The summed E-state index contributed by atoms with van der Waals surface area (Å²) in [5.74, 6) is 0. The number of aromatic nitrogens is 4. The number of hydrogen-bond donors (Lipinski definition) is 1. The number of para-hydroxylation sites is 1. The predicted octanol–water partition coefficient (Wildman–Crippen LogP) is 2.38. The normalized spacial score (nSPS) is 20.0. The highest BCUT2D eigenvalue weighted by Gasteiger charge is 2.41. The number of pyridine rings is 1. The van der Waals surface area contributed by atoms with Crippen molar-refractivity contribution < 1.29 is 5.11 Å². The molecule has 3 aromatic rings. The van der Waals surface area contributed by atoms with Crippen LogP contribution in [0.3, 0.4) is 0 Å². The van der Waals surface area contributed by atoms with Crippen LogP contribution in [0.4, 0.5) is 5.69 Å². The summed E-state index contributed by atoms with van der Waals surface area (Å²) in [4.78, 5) is 6.42. The van der Waals surface area contributed by atoms with Crippen molar-refractivity contribution in [2.45, 2.75) is 31.9 Å². The van der Waals surface area contributed by atoms with Gasteiger partial charge in [0.25, 0.3) is 0 Å². The first-order valence-corrected chi connectivity index (χ1v) is 8.69. The Morgan fingerprint density at radius 1 is 1.31 bits per heavy atom. The van der Waals surface area contributed by atoms with Gasteiger partial charge in [0, 0.05) is 30.6 Å². The number of nitriles is 1. The van der Waals surface area contributed by atoms with Crippen molar-refractivity contribution in [2.75, 3.05) is 18.0 Å². The highest BCUT2D eigenvalue weighted by molar-refractivity contribution is 5.94. The summed E-state index contributed by atoms with van der Waals surface area (Å²) in [7, 11) is 0. The lowest BCUT2D eigenvalue weighted by Gasteiger charge is -2.24. The van der Waals surface area contributed by atoms with E-state index in [1.807, 2.05) is 44.3 Å². The van der Waals surface area contributed by atoms with E-state index in [0.29, 0.717) is 30.8 Å². The van der Waals surface area contributed by atoms with E-state index in [2.05, 4.69) is 26.3 Å². The second-order valence-electron chi connectivity index (χ2n) is 7.03. The van der Waals surface area contributed by atoms with Crippen molar-refractivity contribution in [3.8, 4) is 6.07 Å². The number of benzene rings is 1. The molecule has 1 aliphatic rings. The molecule has 132 valence electrons. The number of fused-ring (bicyclic) bond motifs is 1. The Morgan fingerprint density at radius 2 is 2.12 bits per heavy atom. The molecule has 1 aliphatic heterocycles. The zero-order valence-electron chi connectivity index (χ0n) is 14.8. The van der Waals surface area contributed by atoms with Crippen LogP contribution in [-0.4, -0.2) is 38.2 Å². The van der Waals surface area contributed by atoms with Crippen molar-refractivity contribution >= 4 is 16.6 Å². The van der Waals surface area contributed by atoms with Crippen LogP contribution in [0.15, 0.2) is 36.7 Å². The topological polar surface area (TPSA) is 90.9 Å². The molecule has 1 aromatic carbocycles. The fraction of sp³-hybridized carbons (Fsp3) is 0.368. The maximum absolute atomic E-state index is 11.2. The van der Waals surface area contributed by atoms with E-state index in [9.17, 15) is 10.4 Å². The molecule has 7 heteroatoms. The second kappa shape index (κ2) is 6.07. The van der Waals surface area contributed by atoms with Gasteiger partial charge in [-0.3, -0.25) is 4.98 Å². The summed E-state index contributed by atoms with van der Waals surface area (Å²) in [6.45, 7) is 5.04. The first-order chi connectivity index (χ1) is 12.5. The van der Waals surface area contributed by atoms with E-state index in [-0.39, 0.29) is 6.04 Å². The van der Waals surface area contributed by atoms with Crippen molar-refractivity contribution in [3.05, 3.63) is 47.9 Å². The maximum Gasteiger partial charge on any atom is 0.129 e. The van der Waals surface area contributed by atoms with Crippen LogP contribution >= 0.6 is 0 Å². The summed E-state index contributed by atoms with van der Waals surface area (Å²) < 4.78 is 1.75. The number of rotatable bonds is 3. The minimum Gasteiger partial charge on any atom is -0.381 e. The minimum absolute atomic E-state index is 0.187. The van der Waals surface area contributed by atoms with Gasteiger partial charge in [-0.15, -0.1) is 5.10 Å². The summed E-state index contributed by atoms with van der Waals surface area (Å²) in [6, 6.07) is 10.2. The molecule has 3 heterocycles. The van der Waals surface area contributed by atoms with E-state index in [1.165, 1.54) is 0 Å². The second-order valence-corrected chi connectivity index (χ2v) is 7.03. The molecule has 1 atom stereocenters. The third-order valence-electron chi connectivity index (χ3n) is 4.95. The summed E-state index contributed by atoms with van der Waals surface area (Å²) in [5, 5.41) is 29.9. The van der Waals surface area contributed by atoms with Crippen LogP contribution in [0.2, 0.25) is 0 Å². The molecule has 0 unspecified atom stereocenters. The Hall–Kier alpha value is -2.98. The van der Waals surface area contributed by atoms with E-state index >= 15 is 0 Å². The molecular weight excluding hydrogens is 328 g/mol. The third-order valence-corrected chi connectivity index (χ3v) is 4.95. The van der Waals surface area contributed by atoms with Gasteiger partial charge in [0.05, 0.1) is 29.5 Å². The smallest absolute Gasteiger partial charge is 0.129 e. The molecule has 0 radical (unpaired) electrons. The molecule has 4 rings (SSSR count). The van der Waals surface area contributed by atoms with Crippen LogP contribution in [0.1, 0.15) is 37.6 Å². The van der Waals surface area contributed by atoms with E-state index in [1.54, 1.807) is 10.9 Å². The molecule has 0 spiro atoms. The summed E-state index contributed by atoms with van der Waals surface area (Å²) in [6.07, 6.45) is 3.94. The van der Waals surface area contributed by atoms with Crippen molar-refractivity contribution in [3.63, 3.8) is 0 Å². The van der Waals surface area contributed by atoms with Gasteiger partial charge in [0.2, 0.25) is 0 Å². The molecule has 0 amide bonds. The van der Waals surface area contributed by atoms with Gasteiger partial charge in [0.15, 0.2) is 0 Å². The lowest BCUT2D eigenvalue weighted by molar-refractivity contribution is 0.0559. The lowest BCUT2D eigenvalue weighted by Crippen LogP contribution is -2.31. The van der Waals surface area contributed by atoms with Crippen molar-refractivity contribution in [1.29, 1.82) is 5.26 Å². The van der Waals surface area contributed by atoms with Crippen molar-refractivity contribution in [1.82, 2.24) is 20.0 Å². The SMILES string of the molecule is CC(C)n1cc([C@@]2(O)CCN(c3c(C#N)cnc4ccccc34)C2)nn1. The maximum atomic E-state index is 11.2. The van der Waals surface area contributed by atoms with Crippen LogP contribution in [0.5, 0.6) is 0 Å². The monoisotopic (exact) mass is 348 g/mol. The molecular formula is C19H20N6O. The van der Waals surface area contributed by atoms with E-state index < -0.39 is 5.60 Å². The van der Waals surface area contributed by atoms with E-state index in [4.69, 9.17) is 0 Å². The van der Waals surface area contributed by atoms with Gasteiger partial charge in [-0.2, -0.15) is 5.26 Å². The average molecular weight is 348 g/mol. The van der Waals surface area contributed by atoms with Gasteiger partial charge >= 0.3 is 0 Å². The molecule has 1 fully saturated rings. The number of anilines is 1. The molecule has 1 saturated heterocycles. The Bertz CT molecular complexity index is 1000. The Morgan fingerprint density at radius 3 is 2.85 bits per heavy atom. The highest BCUT2D eigenvalue weighted by atomic mass is 16.3. The highest BCUT2D eigenvalue weighted by Crippen LogP contribution is 2.38. The third kappa shape index (κ3) is 2.59. The number of nitrogens with zero attached hydrogens (tertiary/aromatic N) is 6. The fourth-order valence-corrected chi connectivity index (χ4v) is 3.49. The largest absolute Gasteiger partial charge is 0.381 e. The van der Waals surface area contributed by atoms with Crippen LogP contribution in [0, 0.1) is 11.3 Å². The Kier molecular flexibility index (Phi) is 3.85. The molecule has 0 bridgehead atoms. The Balaban J connectivity index is 1.73. The van der Waals surface area contributed by atoms with Gasteiger partial charge in [-0.1, -0.05) is 23.4 Å². The van der Waals surface area contributed by atoms with Gasteiger partial charge in [0.1, 0.15) is 17.4 Å². The van der Waals surface area contributed by atoms with Crippen LogP contribution in [-0.2, 0) is 5.60 Å². The molecule has 0 aliphatic carbocycles. The van der Waals surface area contributed by atoms with Gasteiger partial charge in [-0.25, -0.2) is 4.68 Å². The zero-order chi connectivity index (χ0) is 18.3. The quantitative estimate of drug-likeness (QED) is 0.781.